The highest BCUT2D eigenvalue weighted by Crippen LogP contribution is 2.25. The summed E-state index contributed by atoms with van der Waals surface area (Å²) in [5.41, 5.74) is 2.09. The number of methoxy groups -OCH3 is 1. The molecule has 3 aromatic rings. The van der Waals surface area contributed by atoms with E-state index in [9.17, 15) is 24.3 Å². The van der Waals surface area contributed by atoms with Crippen LogP contribution in [0.5, 0.6) is 5.75 Å². The summed E-state index contributed by atoms with van der Waals surface area (Å²) in [7, 11) is 2.98. The van der Waals surface area contributed by atoms with Crippen molar-refractivity contribution in [3.8, 4) is 16.9 Å². The van der Waals surface area contributed by atoms with Crippen molar-refractivity contribution >= 4 is 29.1 Å². The predicted molar refractivity (Wildman–Crippen MR) is 140 cm³/mol. The SMILES string of the molecule is COc1cnn(C)c(=O)c1-c1ccc(CC(NC(=O)C(NC(=O)Cc2ccsc2)C(C)C)C(=O)O)cc1. The van der Waals surface area contributed by atoms with E-state index in [-0.39, 0.29) is 30.2 Å². The smallest absolute Gasteiger partial charge is 0.326 e. The van der Waals surface area contributed by atoms with Crippen LogP contribution in [0.3, 0.4) is 0 Å². The number of hydrogen-bond acceptors (Lipinski definition) is 7. The molecular weight excluding hydrogens is 496 g/mol. The molecule has 1 aromatic carbocycles. The van der Waals surface area contributed by atoms with E-state index in [2.05, 4.69) is 15.7 Å². The van der Waals surface area contributed by atoms with Crippen LogP contribution < -0.4 is 20.9 Å². The number of carbonyl (C=O) groups is 3. The molecule has 0 saturated heterocycles. The number of carboxylic acids is 1. The first kappa shape index (κ1) is 27.6. The lowest BCUT2D eigenvalue weighted by Crippen LogP contribution is -2.54. The van der Waals surface area contributed by atoms with E-state index in [0.29, 0.717) is 22.4 Å². The number of hydrogen-bond donors (Lipinski definition) is 3. The van der Waals surface area contributed by atoms with Crippen molar-refractivity contribution in [2.75, 3.05) is 7.11 Å². The zero-order valence-electron chi connectivity index (χ0n) is 21.1. The van der Waals surface area contributed by atoms with Gasteiger partial charge in [-0.05, 0) is 39.4 Å². The second kappa shape index (κ2) is 12.3. The first-order chi connectivity index (χ1) is 17.6. The first-order valence-electron chi connectivity index (χ1n) is 11.6. The maximum Gasteiger partial charge on any atom is 0.326 e. The second-order valence-electron chi connectivity index (χ2n) is 8.91. The normalized spacial score (nSPS) is 12.6. The molecule has 196 valence electrons. The summed E-state index contributed by atoms with van der Waals surface area (Å²) in [6.45, 7) is 3.56. The Kier molecular flexibility index (Phi) is 9.18. The number of carboxylic acid groups (broad SMARTS) is 1. The van der Waals surface area contributed by atoms with Gasteiger partial charge in [0.1, 0.15) is 12.1 Å². The highest BCUT2D eigenvalue weighted by atomic mass is 32.1. The van der Waals surface area contributed by atoms with Crippen molar-refractivity contribution in [2.24, 2.45) is 13.0 Å². The lowest BCUT2D eigenvalue weighted by molar-refractivity contribution is -0.142. The van der Waals surface area contributed by atoms with Gasteiger partial charge >= 0.3 is 5.97 Å². The van der Waals surface area contributed by atoms with Crippen LogP contribution in [0.1, 0.15) is 25.0 Å². The van der Waals surface area contributed by atoms with E-state index in [1.807, 2.05) is 16.8 Å². The topological polar surface area (TPSA) is 140 Å². The third kappa shape index (κ3) is 7.04. The highest BCUT2D eigenvalue weighted by molar-refractivity contribution is 7.08. The largest absolute Gasteiger partial charge is 0.494 e. The third-order valence-corrected chi connectivity index (χ3v) is 6.56. The zero-order chi connectivity index (χ0) is 27.1. The molecular formula is C26H30N4O6S. The molecule has 2 heterocycles. The quantitative estimate of drug-likeness (QED) is 0.347. The van der Waals surface area contributed by atoms with Crippen LogP contribution in [-0.2, 0) is 34.3 Å². The Balaban J connectivity index is 1.72. The number of aliphatic carboxylic acids is 1. The van der Waals surface area contributed by atoms with Crippen LogP contribution >= 0.6 is 11.3 Å². The summed E-state index contributed by atoms with van der Waals surface area (Å²) in [4.78, 5) is 49.9. The number of rotatable bonds is 11. The molecule has 3 N–H and O–H groups in total. The van der Waals surface area contributed by atoms with E-state index in [1.54, 1.807) is 38.1 Å². The number of benzene rings is 1. The van der Waals surface area contributed by atoms with Crippen molar-refractivity contribution in [2.45, 2.75) is 38.8 Å². The van der Waals surface area contributed by atoms with E-state index >= 15 is 0 Å². The molecule has 0 fully saturated rings. The second-order valence-corrected chi connectivity index (χ2v) is 9.69. The van der Waals surface area contributed by atoms with Crippen molar-refractivity contribution in [1.82, 2.24) is 20.4 Å². The van der Waals surface area contributed by atoms with Crippen molar-refractivity contribution in [1.29, 1.82) is 0 Å². The van der Waals surface area contributed by atoms with Gasteiger partial charge in [0.05, 0.1) is 25.3 Å². The molecule has 0 spiro atoms. The van der Waals surface area contributed by atoms with E-state index < -0.39 is 24.0 Å². The van der Waals surface area contributed by atoms with Crippen LogP contribution in [0.25, 0.3) is 11.1 Å². The van der Waals surface area contributed by atoms with Gasteiger partial charge in [-0.3, -0.25) is 14.4 Å². The summed E-state index contributed by atoms with van der Waals surface area (Å²) in [6, 6.07) is 6.51. The number of nitrogens with zero attached hydrogens (tertiary/aromatic N) is 2. The molecule has 0 radical (unpaired) electrons. The van der Waals surface area contributed by atoms with Gasteiger partial charge in [0, 0.05) is 13.5 Å². The molecule has 3 rings (SSSR count). The highest BCUT2D eigenvalue weighted by Gasteiger charge is 2.29. The monoisotopic (exact) mass is 526 g/mol. The lowest BCUT2D eigenvalue weighted by Gasteiger charge is -2.24. The molecule has 2 amide bonds. The number of ether oxygens (including phenoxy) is 1. The van der Waals surface area contributed by atoms with Crippen LogP contribution in [0.2, 0.25) is 0 Å². The van der Waals surface area contributed by atoms with Crippen molar-refractivity contribution in [3.05, 3.63) is 68.8 Å². The number of aromatic nitrogens is 2. The van der Waals surface area contributed by atoms with Crippen molar-refractivity contribution < 1.29 is 24.2 Å². The number of nitrogens with one attached hydrogen (secondary N) is 2. The van der Waals surface area contributed by atoms with Gasteiger partial charge in [-0.25, -0.2) is 9.48 Å². The Labute approximate surface area is 218 Å². The molecule has 0 aliphatic carbocycles. The van der Waals surface area contributed by atoms with Gasteiger partial charge in [-0.1, -0.05) is 38.1 Å². The minimum atomic E-state index is -1.21. The number of aryl methyl sites for hydroxylation is 1. The molecule has 0 saturated carbocycles. The Hall–Kier alpha value is -3.99. The van der Waals surface area contributed by atoms with Gasteiger partial charge in [0.25, 0.3) is 5.56 Å². The van der Waals surface area contributed by atoms with Crippen LogP contribution in [0.4, 0.5) is 0 Å². The predicted octanol–water partition coefficient (Wildman–Crippen LogP) is 2.01. The molecule has 2 unspecified atom stereocenters. The molecule has 2 atom stereocenters. The summed E-state index contributed by atoms with van der Waals surface area (Å²) >= 11 is 1.48. The first-order valence-corrected chi connectivity index (χ1v) is 12.6. The van der Waals surface area contributed by atoms with Crippen LogP contribution in [-0.4, -0.2) is 51.9 Å². The fourth-order valence-corrected chi connectivity index (χ4v) is 4.46. The van der Waals surface area contributed by atoms with Gasteiger partial charge in [-0.2, -0.15) is 16.4 Å². The average Bonchev–Trinajstić information content (AvgIpc) is 3.37. The van der Waals surface area contributed by atoms with Crippen LogP contribution in [0.15, 0.2) is 52.1 Å². The summed E-state index contributed by atoms with van der Waals surface area (Å²) in [5.74, 6) is -2.00. The van der Waals surface area contributed by atoms with Crippen LogP contribution in [0, 0.1) is 5.92 Å². The number of thiophene rings is 1. The molecule has 0 aliphatic heterocycles. The number of amides is 2. The molecule has 10 nitrogen and oxygen atoms in total. The average molecular weight is 527 g/mol. The van der Waals surface area contributed by atoms with Gasteiger partial charge in [0.15, 0.2) is 5.75 Å². The molecule has 11 heteroatoms. The summed E-state index contributed by atoms with van der Waals surface area (Å²) in [5, 5.41) is 22.7. The molecule has 2 aromatic heterocycles. The minimum Gasteiger partial charge on any atom is -0.494 e. The Bertz CT molecular complexity index is 1300. The summed E-state index contributed by atoms with van der Waals surface area (Å²) < 4.78 is 6.47. The van der Waals surface area contributed by atoms with E-state index in [4.69, 9.17) is 4.74 Å². The molecule has 37 heavy (non-hydrogen) atoms. The fourth-order valence-electron chi connectivity index (χ4n) is 3.79. The minimum absolute atomic E-state index is 0.0144. The van der Waals surface area contributed by atoms with Gasteiger partial charge < -0.3 is 20.5 Å². The third-order valence-electron chi connectivity index (χ3n) is 5.83. The maximum atomic E-state index is 13.0. The lowest BCUT2D eigenvalue weighted by atomic mass is 9.99. The Morgan fingerprint density at radius 1 is 1.11 bits per heavy atom. The Morgan fingerprint density at radius 2 is 1.81 bits per heavy atom. The Morgan fingerprint density at radius 3 is 2.38 bits per heavy atom. The zero-order valence-corrected chi connectivity index (χ0v) is 21.9. The molecule has 0 bridgehead atoms. The molecule has 0 aliphatic rings. The number of carbonyl (C=O) groups excluding carboxylic acids is 2. The standard InChI is InChI=1S/C26H30N4O6S/c1-15(2)23(29-21(31)12-17-9-10-37-14-17)24(32)28-19(26(34)35)11-16-5-7-18(8-6-16)22-20(36-4)13-27-30(3)25(22)33/h5-10,13-15,19,23H,11-12H2,1-4H3,(H,28,32)(H,29,31)(H,34,35). The van der Waals surface area contributed by atoms with Crippen molar-refractivity contribution in [3.63, 3.8) is 0 Å². The summed E-state index contributed by atoms with van der Waals surface area (Å²) in [6.07, 6.45) is 1.60. The van der Waals surface area contributed by atoms with E-state index in [1.165, 1.54) is 36.4 Å². The maximum absolute atomic E-state index is 13.0. The van der Waals surface area contributed by atoms with E-state index in [0.717, 1.165) is 5.56 Å². The van der Waals surface area contributed by atoms with Gasteiger partial charge in [0.2, 0.25) is 11.8 Å². The fraction of sp³-hybridized carbons (Fsp3) is 0.346. The van der Waals surface area contributed by atoms with Gasteiger partial charge in [-0.15, -0.1) is 0 Å².